The molecule has 17 heavy (non-hydrogen) atoms. The van der Waals surface area contributed by atoms with Crippen LogP contribution in [-0.4, -0.2) is 36.8 Å². The molecule has 0 unspecified atom stereocenters. The molecule has 1 heterocycles. The zero-order valence-electron chi connectivity index (χ0n) is 8.96. The highest BCUT2D eigenvalue weighted by Crippen LogP contribution is 2.12. The highest BCUT2D eigenvalue weighted by Gasteiger charge is 2.09. The summed E-state index contributed by atoms with van der Waals surface area (Å²) in [5.41, 5.74) is 0.449. The number of aromatic carboxylic acids is 1. The van der Waals surface area contributed by atoms with E-state index in [1.807, 2.05) is 0 Å². The van der Waals surface area contributed by atoms with Crippen LogP contribution in [0.2, 0.25) is 0 Å². The fourth-order valence-corrected chi connectivity index (χ4v) is 1.76. The highest BCUT2D eigenvalue weighted by molar-refractivity contribution is 7.89. The number of hydrogen-bond donors (Lipinski definition) is 3. The number of nitrogens with one attached hydrogen (secondary N) is 1. The van der Waals surface area contributed by atoms with Crippen LogP contribution in [0.15, 0.2) is 18.5 Å². The van der Waals surface area contributed by atoms with Gasteiger partial charge in [0, 0.05) is 18.9 Å². The molecule has 0 aliphatic carbocycles. The highest BCUT2D eigenvalue weighted by atomic mass is 32.2. The Morgan fingerprint density at radius 2 is 2.24 bits per heavy atom. The lowest BCUT2D eigenvalue weighted by Gasteiger charge is -2.08. The Hall–Kier alpha value is -1.67. The number of sulfonamides is 1. The molecule has 0 amide bonds. The number of hydrogen-bond acceptors (Lipinski definition) is 5. The summed E-state index contributed by atoms with van der Waals surface area (Å²) in [4.78, 5) is 14.5. The van der Waals surface area contributed by atoms with E-state index in [-0.39, 0.29) is 11.3 Å². The summed E-state index contributed by atoms with van der Waals surface area (Å²) in [5, 5.41) is 16.5. The quantitative estimate of drug-likeness (QED) is 0.612. The molecule has 94 valence electrons. The van der Waals surface area contributed by atoms with E-state index in [9.17, 15) is 13.2 Å². The summed E-state index contributed by atoms with van der Waals surface area (Å²) in [6.45, 7) is 0.320. The van der Waals surface area contributed by atoms with E-state index in [0.29, 0.717) is 18.7 Å². The second kappa shape index (κ2) is 5.60. The summed E-state index contributed by atoms with van der Waals surface area (Å²) in [6.07, 6.45) is 2.99. The normalized spacial score (nSPS) is 11.1. The Bertz CT molecular complexity index is 501. The Morgan fingerprint density at radius 1 is 1.53 bits per heavy atom. The molecule has 0 radical (unpaired) electrons. The number of pyridine rings is 1. The van der Waals surface area contributed by atoms with Crippen LogP contribution in [-0.2, 0) is 10.0 Å². The number of carboxylic acids is 1. The van der Waals surface area contributed by atoms with E-state index in [4.69, 9.17) is 10.2 Å². The van der Waals surface area contributed by atoms with Crippen LogP contribution in [0.5, 0.6) is 0 Å². The Balaban J connectivity index is 2.55. The van der Waals surface area contributed by atoms with Gasteiger partial charge in [-0.3, -0.25) is 4.98 Å². The zero-order valence-corrected chi connectivity index (χ0v) is 9.77. The van der Waals surface area contributed by atoms with E-state index in [0.717, 1.165) is 0 Å². The van der Waals surface area contributed by atoms with Crippen molar-refractivity contribution in [1.82, 2.24) is 4.98 Å². The summed E-state index contributed by atoms with van der Waals surface area (Å²) in [6, 6.07) is 1.51. The van der Waals surface area contributed by atoms with Crippen LogP contribution >= 0.6 is 0 Å². The fraction of sp³-hybridized carbons (Fsp3) is 0.333. The van der Waals surface area contributed by atoms with Gasteiger partial charge in [-0.15, -0.1) is 0 Å². The topological polar surface area (TPSA) is 122 Å². The fourth-order valence-electron chi connectivity index (χ4n) is 1.22. The summed E-state index contributed by atoms with van der Waals surface area (Å²) in [5.74, 6) is -1.24. The van der Waals surface area contributed by atoms with E-state index in [1.165, 1.54) is 18.5 Å². The third kappa shape index (κ3) is 4.79. The second-order valence-corrected chi connectivity index (χ2v) is 5.11. The molecule has 8 heteroatoms. The van der Waals surface area contributed by atoms with Gasteiger partial charge in [-0.25, -0.2) is 18.4 Å². The number of nitrogens with two attached hydrogens (primary N) is 1. The predicted octanol–water partition coefficient (Wildman–Crippen LogP) is -0.130. The van der Waals surface area contributed by atoms with Gasteiger partial charge in [0.25, 0.3) is 0 Å². The van der Waals surface area contributed by atoms with Crippen LogP contribution in [0.4, 0.5) is 5.69 Å². The zero-order chi connectivity index (χ0) is 12.9. The molecule has 0 bridgehead atoms. The van der Waals surface area contributed by atoms with Gasteiger partial charge < -0.3 is 10.4 Å². The molecule has 0 aromatic carbocycles. The van der Waals surface area contributed by atoms with Crippen molar-refractivity contribution in [3.63, 3.8) is 0 Å². The summed E-state index contributed by atoms with van der Waals surface area (Å²) in [7, 11) is -3.47. The van der Waals surface area contributed by atoms with Crippen molar-refractivity contribution >= 4 is 21.7 Å². The van der Waals surface area contributed by atoms with Crippen LogP contribution < -0.4 is 10.5 Å². The van der Waals surface area contributed by atoms with Crippen molar-refractivity contribution in [3.8, 4) is 0 Å². The molecule has 1 aromatic rings. The number of primary sulfonamides is 1. The van der Waals surface area contributed by atoms with Gasteiger partial charge in [-0.2, -0.15) is 0 Å². The van der Waals surface area contributed by atoms with Gasteiger partial charge in [0.1, 0.15) is 5.56 Å². The molecular weight excluding hydrogens is 246 g/mol. The first-order valence-corrected chi connectivity index (χ1v) is 6.53. The average Bonchev–Trinajstić information content (AvgIpc) is 2.23. The number of carboxylic acid groups (broad SMARTS) is 1. The summed E-state index contributed by atoms with van der Waals surface area (Å²) < 4.78 is 21.3. The lowest BCUT2D eigenvalue weighted by molar-refractivity contribution is 0.0697. The van der Waals surface area contributed by atoms with Crippen molar-refractivity contribution in [2.45, 2.75) is 6.42 Å². The maximum atomic E-state index is 10.8. The Morgan fingerprint density at radius 3 is 2.82 bits per heavy atom. The maximum absolute atomic E-state index is 10.8. The SMILES string of the molecule is NS(=O)(=O)CCCNc1ccncc1C(=O)O. The number of nitrogens with zero attached hydrogens (tertiary/aromatic N) is 1. The van der Waals surface area contributed by atoms with Gasteiger partial charge in [0.15, 0.2) is 0 Å². The van der Waals surface area contributed by atoms with Crippen LogP contribution in [0.25, 0.3) is 0 Å². The minimum atomic E-state index is -3.47. The van der Waals surface area contributed by atoms with Crippen molar-refractivity contribution < 1.29 is 18.3 Å². The minimum Gasteiger partial charge on any atom is -0.478 e. The molecule has 1 aromatic heterocycles. The minimum absolute atomic E-state index is 0.0445. The van der Waals surface area contributed by atoms with Crippen molar-refractivity contribution in [2.24, 2.45) is 5.14 Å². The van der Waals surface area contributed by atoms with E-state index in [1.54, 1.807) is 0 Å². The molecule has 1 rings (SSSR count). The molecular formula is C9H13N3O4S. The largest absolute Gasteiger partial charge is 0.478 e. The first-order valence-electron chi connectivity index (χ1n) is 4.82. The van der Waals surface area contributed by atoms with E-state index >= 15 is 0 Å². The smallest absolute Gasteiger partial charge is 0.339 e. The van der Waals surface area contributed by atoms with Crippen LogP contribution in [0, 0.1) is 0 Å². The van der Waals surface area contributed by atoms with E-state index < -0.39 is 16.0 Å². The van der Waals surface area contributed by atoms with Gasteiger partial charge >= 0.3 is 5.97 Å². The number of anilines is 1. The molecule has 4 N–H and O–H groups in total. The molecule has 0 spiro atoms. The first kappa shape index (κ1) is 13.4. The average molecular weight is 259 g/mol. The molecule has 0 atom stereocenters. The van der Waals surface area contributed by atoms with Gasteiger partial charge in [0.05, 0.1) is 11.4 Å². The van der Waals surface area contributed by atoms with Crippen molar-refractivity contribution in [2.75, 3.05) is 17.6 Å². The van der Waals surface area contributed by atoms with Crippen molar-refractivity contribution in [3.05, 3.63) is 24.0 Å². The van der Waals surface area contributed by atoms with Crippen molar-refractivity contribution in [1.29, 1.82) is 0 Å². The molecule has 0 aliphatic heterocycles. The van der Waals surface area contributed by atoms with Gasteiger partial charge in [0.2, 0.25) is 10.0 Å². The lowest BCUT2D eigenvalue weighted by atomic mass is 10.2. The van der Waals surface area contributed by atoms with Gasteiger partial charge in [-0.05, 0) is 12.5 Å². The number of aromatic nitrogens is 1. The molecule has 7 nitrogen and oxygen atoms in total. The summed E-state index contributed by atoms with van der Waals surface area (Å²) >= 11 is 0. The second-order valence-electron chi connectivity index (χ2n) is 3.37. The standard InChI is InChI=1S/C9H13N3O4S/c10-17(15,16)5-1-3-12-8-2-4-11-6-7(8)9(13)14/h2,4,6H,1,3,5H2,(H,11,12)(H,13,14)(H2,10,15,16). The van der Waals surface area contributed by atoms with Crippen LogP contribution in [0.1, 0.15) is 16.8 Å². The molecule has 0 saturated carbocycles. The third-order valence-electron chi connectivity index (χ3n) is 1.97. The Labute approximate surface area is 98.7 Å². The van der Waals surface area contributed by atoms with Crippen LogP contribution in [0.3, 0.4) is 0 Å². The maximum Gasteiger partial charge on any atom is 0.339 e. The molecule has 0 aliphatic rings. The monoisotopic (exact) mass is 259 g/mol. The Kier molecular flexibility index (Phi) is 4.41. The third-order valence-corrected chi connectivity index (χ3v) is 2.83. The molecule has 0 saturated heterocycles. The number of carbonyl (C=O) groups is 1. The predicted molar refractivity (Wildman–Crippen MR) is 62.3 cm³/mol. The first-order chi connectivity index (χ1) is 7.90. The molecule has 0 fully saturated rings. The number of rotatable bonds is 6. The van der Waals surface area contributed by atoms with Gasteiger partial charge in [-0.1, -0.05) is 0 Å². The lowest BCUT2D eigenvalue weighted by Crippen LogP contribution is -2.19. The van der Waals surface area contributed by atoms with E-state index in [2.05, 4.69) is 10.3 Å².